The van der Waals surface area contributed by atoms with Gasteiger partial charge in [0.1, 0.15) is 0 Å². The molecule has 0 rings (SSSR count). The van der Waals surface area contributed by atoms with Gasteiger partial charge < -0.3 is 0 Å². The molecule has 0 nitrogen and oxygen atoms in total. The van der Waals surface area contributed by atoms with Gasteiger partial charge in [-0.15, -0.1) is 5.73 Å². The van der Waals surface area contributed by atoms with Crippen molar-refractivity contribution < 1.29 is 0 Å². The first-order chi connectivity index (χ1) is 3.41. The van der Waals surface area contributed by atoms with Gasteiger partial charge in [0.05, 0.1) is 0 Å². The number of hydrogen-bond acceptors (Lipinski definition) is 0. The molecule has 0 aliphatic carbocycles. The van der Waals surface area contributed by atoms with E-state index in [1.807, 2.05) is 10.2 Å². The van der Waals surface area contributed by atoms with Crippen molar-refractivity contribution in [2.45, 2.75) is 19.8 Å². The van der Waals surface area contributed by atoms with Crippen LogP contribution in [0.4, 0.5) is 0 Å². The largest absolute Gasteiger partial charge is 0.119 e. The Labute approximate surface area is 58.4 Å². The van der Waals surface area contributed by atoms with E-state index in [1.165, 1.54) is 6.42 Å². The fourth-order valence-corrected chi connectivity index (χ4v) is 0.526. The highest BCUT2D eigenvalue weighted by molar-refractivity contribution is 14.1. The first-order valence-corrected chi connectivity index (χ1v) is 3.66. The van der Waals surface area contributed by atoms with Crippen molar-refractivity contribution >= 4 is 22.6 Å². The summed E-state index contributed by atoms with van der Waals surface area (Å²) in [5.74, 6) is 0. The molecule has 0 aromatic heterocycles. The second-order valence-electron chi connectivity index (χ2n) is 1.27. The number of hydrogen-bond donors (Lipinski definition) is 0. The molecule has 0 N–H and O–H groups in total. The highest BCUT2D eigenvalue weighted by atomic mass is 127. The van der Waals surface area contributed by atoms with Crippen LogP contribution < -0.4 is 0 Å². The molecule has 0 fully saturated rings. The van der Waals surface area contributed by atoms with Crippen LogP contribution in [0.5, 0.6) is 0 Å². The lowest BCUT2D eigenvalue weighted by Crippen LogP contribution is -1.54. The van der Waals surface area contributed by atoms with Gasteiger partial charge >= 0.3 is 0 Å². The molecular weight excluding hydrogens is 199 g/mol. The molecule has 0 amide bonds. The number of rotatable bonds is 2. The summed E-state index contributed by atoms with van der Waals surface area (Å²) in [4.78, 5) is 0. The van der Waals surface area contributed by atoms with Gasteiger partial charge in [0.15, 0.2) is 0 Å². The van der Waals surface area contributed by atoms with Crippen LogP contribution in [0.2, 0.25) is 0 Å². The average molecular weight is 208 g/mol. The minimum absolute atomic E-state index is 1.15. The van der Waals surface area contributed by atoms with Crippen LogP contribution in [0.3, 0.4) is 0 Å². The van der Waals surface area contributed by atoms with Crippen LogP contribution in [0.25, 0.3) is 0 Å². The SMILES string of the molecule is CCCC=C=CI. The topological polar surface area (TPSA) is 0 Å². The van der Waals surface area contributed by atoms with Gasteiger partial charge in [0, 0.05) is 4.08 Å². The Morgan fingerprint density at radius 2 is 2.43 bits per heavy atom. The van der Waals surface area contributed by atoms with Crippen LogP contribution in [-0.2, 0) is 0 Å². The number of unbranched alkanes of at least 4 members (excludes halogenated alkanes) is 1. The maximum absolute atomic E-state index is 2.99. The molecule has 0 aromatic rings. The monoisotopic (exact) mass is 208 g/mol. The summed E-state index contributed by atoms with van der Waals surface area (Å²) >= 11 is 2.16. The summed E-state index contributed by atoms with van der Waals surface area (Å²) in [6.07, 6.45) is 4.42. The van der Waals surface area contributed by atoms with E-state index in [0.717, 1.165) is 6.42 Å². The smallest absolute Gasteiger partial charge is 0.0183 e. The Morgan fingerprint density at radius 1 is 1.71 bits per heavy atom. The molecule has 0 saturated carbocycles. The molecule has 0 atom stereocenters. The van der Waals surface area contributed by atoms with Crippen LogP contribution in [0.1, 0.15) is 19.8 Å². The van der Waals surface area contributed by atoms with Crippen molar-refractivity contribution in [3.63, 3.8) is 0 Å². The van der Waals surface area contributed by atoms with E-state index in [0.29, 0.717) is 0 Å². The van der Waals surface area contributed by atoms with Gasteiger partial charge in [-0.05, 0) is 35.1 Å². The van der Waals surface area contributed by atoms with E-state index in [9.17, 15) is 0 Å². The van der Waals surface area contributed by atoms with Gasteiger partial charge in [-0.1, -0.05) is 13.3 Å². The zero-order chi connectivity index (χ0) is 5.54. The summed E-state index contributed by atoms with van der Waals surface area (Å²) in [5, 5.41) is 0. The quantitative estimate of drug-likeness (QED) is 0.483. The van der Waals surface area contributed by atoms with Gasteiger partial charge in [0.25, 0.3) is 0 Å². The zero-order valence-electron chi connectivity index (χ0n) is 4.45. The third-order valence-electron chi connectivity index (χ3n) is 0.614. The molecule has 0 spiro atoms. The lowest BCUT2D eigenvalue weighted by molar-refractivity contribution is 0.960. The summed E-state index contributed by atoms with van der Waals surface area (Å²) in [7, 11) is 0. The maximum Gasteiger partial charge on any atom is 0.0183 e. The third kappa shape index (κ3) is 6.25. The Balaban J connectivity index is 3.10. The molecule has 0 aliphatic heterocycles. The van der Waals surface area contributed by atoms with E-state index < -0.39 is 0 Å². The van der Waals surface area contributed by atoms with Crippen molar-refractivity contribution in [3.05, 3.63) is 15.9 Å². The Kier molecular flexibility index (Phi) is 6.47. The predicted octanol–water partition coefficient (Wildman–Crippen LogP) is 2.89. The third-order valence-corrected chi connectivity index (χ3v) is 0.973. The van der Waals surface area contributed by atoms with E-state index in [4.69, 9.17) is 0 Å². The Bertz CT molecular complexity index is 78.2. The Hall–Kier alpha value is 0.250. The minimum Gasteiger partial charge on any atom is -0.119 e. The fraction of sp³-hybridized carbons (Fsp3) is 0.500. The second kappa shape index (κ2) is 6.25. The van der Waals surface area contributed by atoms with Gasteiger partial charge in [-0.25, -0.2) is 0 Å². The van der Waals surface area contributed by atoms with Crippen molar-refractivity contribution in [2.24, 2.45) is 0 Å². The van der Waals surface area contributed by atoms with Crippen molar-refractivity contribution in [3.8, 4) is 0 Å². The summed E-state index contributed by atoms with van der Waals surface area (Å²) in [6, 6.07) is 0. The molecule has 0 aliphatic rings. The molecule has 0 saturated heterocycles. The van der Waals surface area contributed by atoms with Crippen LogP contribution in [0, 0.1) is 0 Å². The summed E-state index contributed by atoms with van der Waals surface area (Å²) < 4.78 is 1.90. The number of allylic oxidation sites excluding steroid dienone is 1. The molecule has 0 aromatic carbocycles. The van der Waals surface area contributed by atoms with Crippen molar-refractivity contribution in [1.29, 1.82) is 0 Å². The molecule has 0 bridgehead atoms. The lowest BCUT2D eigenvalue weighted by atomic mass is 10.3. The van der Waals surface area contributed by atoms with Crippen LogP contribution in [-0.4, -0.2) is 0 Å². The highest BCUT2D eigenvalue weighted by Crippen LogP contribution is 1.87. The van der Waals surface area contributed by atoms with Gasteiger partial charge in [-0.3, -0.25) is 0 Å². The molecule has 0 heterocycles. The molecule has 7 heavy (non-hydrogen) atoms. The number of halogens is 1. The van der Waals surface area contributed by atoms with Gasteiger partial charge in [-0.2, -0.15) is 0 Å². The predicted molar refractivity (Wildman–Crippen MR) is 41.6 cm³/mol. The first kappa shape index (κ1) is 7.25. The van der Waals surface area contributed by atoms with Crippen molar-refractivity contribution in [2.75, 3.05) is 0 Å². The Morgan fingerprint density at radius 3 is 2.86 bits per heavy atom. The van der Waals surface area contributed by atoms with E-state index in [1.54, 1.807) is 0 Å². The minimum atomic E-state index is 1.15. The summed E-state index contributed by atoms with van der Waals surface area (Å²) in [6.45, 7) is 2.16. The molecule has 40 valence electrons. The maximum atomic E-state index is 2.99. The average Bonchev–Trinajstić information content (AvgIpc) is 1.69. The standard InChI is InChI=1S/C6H9I/c1-2-3-4-5-6-7/h4,6H,2-3H2,1H3. The molecule has 1 heteroatoms. The summed E-state index contributed by atoms with van der Waals surface area (Å²) in [5.41, 5.74) is 2.99. The molecular formula is C6H9I. The zero-order valence-corrected chi connectivity index (χ0v) is 6.60. The van der Waals surface area contributed by atoms with E-state index in [-0.39, 0.29) is 0 Å². The molecule has 0 radical (unpaired) electrons. The normalized spacial score (nSPS) is 7.14. The highest BCUT2D eigenvalue weighted by Gasteiger charge is 1.65. The first-order valence-electron chi connectivity index (χ1n) is 2.41. The van der Waals surface area contributed by atoms with E-state index in [2.05, 4.69) is 35.2 Å². The van der Waals surface area contributed by atoms with Gasteiger partial charge in [0.2, 0.25) is 0 Å². The van der Waals surface area contributed by atoms with E-state index >= 15 is 0 Å². The van der Waals surface area contributed by atoms with Crippen LogP contribution in [0.15, 0.2) is 15.9 Å². The lowest BCUT2D eigenvalue weighted by Gasteiger charge is -1.73. The second-order valence-corrected chi connectivity index (χ2v) is 1.89. The van der Waals surface area contributed by atoms with Crippen LogP contribution >= 0.6 is 22.6 Å². The fourth-order valence-electron chi connectivity index (χ4n) is 0.272. The molecule has 0 unspecified atom stereocenters. The van der Waals surface area contributed by atoms with Crippen molar-refractivity contribution in [1.82, 2.24) is 0 Å².